The van der Waals surface area contributed by atoms with Gasteiger partial charge in [-0.2, -0.15) is 0 Å². The van der Waals surface area contributed by atoms with Crippen molar-refractivity contribution >= 4 is 0 Å². The van der Waals surface area contributed by atoms with E-state index in [1.54, 1.807) is 12.3 Å². The number of nitrogens with zero attached hydrogens (tertiary/aromatic N) is 1. The summed E-state index contributed by atoms with van der Waals surface area (Å²) in [6, 6.07) is 1.75. The van der Waals surface area contributed by atoms with Gasteiger partial charge in [0.1, 0.15) is 5.82 Å². The molecule has 0 bridgehead atoms. The van der Waals surface area contributed by atoms with Gasteiger partial charge in [0, 0.05) is 6.20 Å². The van der Waals surface area contributed by atoms with Gasteiger partial charge in [-0.25, -0.2) is 4.39 Å². The van der Waals surface area contributed by atoms with E-state index < -0.39 is 0 Å². The average Bonchev–Trinajstić information content (AvgIpc) is 2.15. The zero-order valence-corrected chi connectivity index (χ0v) is 7.80. The third kappa shape index (κ3) is 3.53. The van der Waals surface area contributed by atoms with Crippen molar-refractivity contribution in [3.8, 4) is 0 Å². The second-order valence-corrected chi connectivity index (χ2v) is 3.13. The lowest BCUT2D eigenvalue weighted by Crippen LogP contribution is -1.91. The molecular formula is C11H15FN. The summed E-state index contributed by atoms with van der Waals surface area (Å²) in [4.78, 5) is 3.70. The first-order chi connectivity index (χ1) is 6.34. The second-order valence-electron chi connectivity index (χ2n) is 3.13. The molecule has 1 aromatic heterocycles. The first-order valence-electron chi connectivity index (χ1n) is 4.72. The number of pyridine rings is 1. The van der Waals surface area contributed by atoms with Crippen molar-refractivity contribution in [2.45, 2.75) is 32.1 Å². The van der Waals surface area contributed by atoms with Crippen LogP contribution < -0.4 is 0 Å². The molecule has 13 heavy (non-hydrogen) atoms. The van der Waals surface area contributed by atoms with E-state index in [-0.39, 0.29) is 5.82 Å². The molecule has 2 heteroatoms. The molecule has 0 aromatic carbocycles. The van der Waals surface area contributed by atoms with Gasteiger partial charge in [-0.05, 0) is 24.5 Å². The van der Waals surface area contributed by atoms with Crippen LogP contribution in [0.1, 0.15) is 31.2 Å². The van der Waals surface area contributed by atoms with E-state index in [4.69, 9.17) is 0 Å². The molecular weight excluding hydrogens is 165 g/mol. The van der Waals surface area contributed by atoms with Crippen LogP contribution in [0.15, 0.2) is 18.5 Å². The summed E-state index contributed by atoms with van der Waals surface area (Å²) in [5.74, 6) is -0.183. The number of rotatable bonds is 5. The Balaban J connectivity index is 2.32. The molecule has 1 nitrogen and oxygen atoms in total. The second kappa shape index (κ2) is 5.68. The molecule has 0 fully saturated rings. The highest BCUT2D eigenvalue weighted by molar-refractivity contribution is 5.12. The molecule has 0 aliphatic carbocycles. The maximum Gasteiger partial charge on any atom is 0.144 e. The predicted octanol–water partition coefficient (Wildman–Crippen LogP) is 3.16. The fourth-order valence-electron chi connectivity index (χ4n) is 1.28. The molecule has 1 aromatic rings. The topological polar surface area (TPSA) is 12.9 Å². The van der Waals surface area contributed by atoms with Crippen molar-refractivity contribution < 1.29 is 4.39 Å². The van der Waals surface area contributed by atoms with Crippen LogP contribution in [0.4, 0.5) is 4.39 Å². The predicted molar refractivity (Wildman–Crippen MR) is 51.7 cm³/mol. The Bertz CT molecular complexity index is 248. The normalized spacial score (nSPS) is 10.3. The van der Waals surface area contributed by atoms with Gasteiger partial charge in [0.05, 0.1) is 6.20 Å². The summed E-state index contributed by atoms with van der Waals surface area (Å²) in [7, 11) is 0. The maximum atomic E-state index is 13.0. The van der Waals surface area contributed by atoms with Crippen molar-refractivity contribution in [2.75, 3.05) is 0 Å². The summed E-state index contributed by atoms with van der Waals surface area (Å²) in [6.07, 6.45) is 8.00. The Hall–Kier alpha value is -0.920. The van der Waals surface area contributed by atoms with Crippen molar-refractivity contribution in [1.29, 1.82) is 0 Å². The highest BCUT2D eigenvalue weighted by Crippen LogP contribution is 2.10. The van der Waals surface area contributed by atoms with Crippen LogP contribution in [0, 0.1) is 12.7 Å². The van der Waals surface area contributed by atoms with Gasteiger partial charge in [0.25, 0.3) is 0 Å². The fourth-order valence-corrected chi connectivity index (χ4v) is 1.28. The number of unbranched alkanes of at least 4 members (excludes halogenated alkanes) is 3. The van der Waals surface area contributed by atoms with Crippen molar-refractivity contribution in [2.24, 2.45) is 0 Å². The zero-order valence-electron chi connectivity index (χ0n) is 7.80. The third-order valence-corrected chi connectivity index (χ3v) is 2.05. The average molecular weight is 180 g/mol. The first kappa shape index (κ1) is 10.2. The smallest absolute Gasteiger partial charge is 0.144 e. The molecule has 0 saturated carbocycles. The van der Waals surface area contributed by atoms with Gasteiger partial charge in [-0.1, -0.05) is 26.2 Å². The van der Waals surface area contributed by atoms with Crippen molar-refractivity contribution in [3.63, 3.8) is 0 Å². The largest absolute Gasteiger partial charge is 0.262 e. The highest BCUT2D eigenvalue weighted by Gasteiger charge is 1.99. The van der Waals surface area contributed by atoms with E-state index >= 15 is 0 Å². The first-order valence-corrected chi connectivity index (χ1v) is 4.72. The number of aromatic nitrogens is 1. The molecule has 0 aliphatic heterocycles. The van der Waals surface area contributed by atoms with E-state index in [0.29, 0.717) is 0 Å². The molecule has 71 valence electrons. The third-order valence-electron chi connectivity index (χ3n) is 2.05. The Kier molecular flexibility index (Phi) is 4.44. The molecule has 1 radical (unpaired) electrons. The molecule has 0 spiro atoms. The van der Waals surface area contributed by atoms with Crippen LogP contribution in [-0.4, -0.2) is 4.98 Å². The summed E-state index contributed by atoms with van der Waals surface area (Å²) in [5, 5.41) is 0. The van der Waals surface area contributed by atoms with E-state index in [1.165, 1.54) is 6.20 Å². The van der Waals surface area contributed by atoms with Gasteiger partial charge < -0.3 is 0 Å². The number of halogens is 1. The zero-order chi connectivity index (χ0) is 9.52. The molecule has 0 N–H and O–H groups in total. The van der Waals surface area contributed by atoms with Crippen molar-refractivity contribution in [1.82, 2.24) is 4.98 Å². The van der Waals surface area contributed by atoms with Gasteiger partial charge in [-0.15, -0.1) is 0 Å². The number of hydrogen-bond donors (Lipinski definition) is 0. The Morgan fingerprint density at radius 2 is 2.15 bits per heavy atom. The standard InChI is InChI=1S/C11H15FN/c1-2-3-4-5-6-10-7-8-13-9-11(10)12/h7-9H,1-6H2. The van der Waals surface area contributed by atoms with Crippen LogP contribution in [0.25, 0.3) is 0 Å². The van der Waals surface area contributed by atoms with Crippen LogP contribution in [0.2, 0.25) is 0 Å². The van der Waals surface area contributed by atoms with Crippen LogP contribution in [-0.2, 0) is 6.42 Å². The monoisotopic (exact) mass is 180 g/mol. The van der Waals surface area contributed by atoms with Gasteiger partial charge >= 0.3 is 0 Å². The Morgan fingerprint density at radius 3 is 2.85 bits per heavy atom. The molecule has 0 atom stereocenters. The van der Waals surface area contributed by atoms with E-state index in [2.05, 4.69) is 11.9 Å². The van der Waals surface area contributed by atoms with Crippen LogP contribution in [0.5, 0.6) is 0 Å². The molecule has 0 amide bonds. The molecule has 0 aliphatic rings. The van der Waals surface area contributed by atoms with E-state index in [0.717, 1.165) is 37.7 Å². The minimum Gasteiger partial charge on any atom is -0.262 e. The van der Waals surface area contributed by atoms with E-state index in [1.807, 2.05) is 0 Å². The Labute approximate surface area is 79.0 Å². The van der Waals surface area contributed by atoms with Crippen LogP contribution in [0.3, 0.4) is 0 Å². The van der Waals surface area contributed by atoms with Gasteiger partial charge in [0.2, 0.25) is 0 Å². The molecule has 1 rings (SSSR count). The fraction of sp³-hybridized carbons (Fsp3) is 0.455. The minimum atomic E-state index is -0.183. The lowest BCUT2D eigenvalue weighted by molar-refractivity contribution is 0.590. The molecule has 0 unspecified atom stereocenters. The molecule has 0 saturated heterocycles. The van der Waals surface area contributed by atoms with E-state index in [9.17, 15) is 4.39 Å². The summed E-state index contributed by atoms with van der Waals surface area (Å²) in [6.45, 7) is 3.76. The lowest BCUT2D eigenvalue weighted by Gasteiger charge is -2.01. The maximum absolute atomic E-state index is 13.0. The minimum absolute atomic E-state index is 0.183. The summed E-state index contributed by atoms with van der Waals surface area (Å²) >= 11 is 0. The van der Waals surface area contributed by atoms with Crippen LogP contribution >= 0.6 is 0 Å². The quantitative estimate of drug-likeness (QED) is 0.634. The molecule has 1 heterocycles. The van der Waals surface area contributed by atoms with Gasteiger partial charge in [-0.3, -0.25) is 4.98 Å². The summed E-state index contributed by atoms with van der Waals surface area (Å²) < 4.78 is 13.0. The SMILES string of the molecule is [CH2]CCCCCc1ccncc1F. The number of aryl methyl sites for hydroxylation is 1. The highest BCUT2D eigenvalue weighted by atomic mass is 19.1. The van der Waals surface area contributed by atoms with Gasteiger partial charge in [0.15, 0.2) is 0 Å². The van der Waals surface area contributed by atoms with Crippen molar-refractivity contribution in [3.05, 3.63) is 36.8 Å². The number of hydrogen-bond acceptors (Lipinski definition) is 1. The lowest BCUT2D eigenvalue weighted by atomic mass is 10.1. The summed E-state index contributed by atoms with van der Waals surface area (Å²) in [5.41, 5.74) is 0.777. The Morgan fingerprint density at radius 1 is 1.31 bits per heavy atom.